The maximum atomic E-state index is 12.2. The van der Waals surface area contributed by atoms with Gasteiger partial charge < -0.3 is 10.1 Å². The number of alkyl halides is 3. The summed E-state index contributed by atoms with van der Waals surface area (Å²) in [6.45, 7) is 1.08. The highest BCUT2D eigenvalue weighted by atomic mass is 31.2. The number of carbonyl (C=O) groups is 2. The number of ether oxygens (including phenoxy) is 1. The van der Waals surface area contributed by atoms with Gasteiger partial charge in [0.15, 0.2) is 12.7 Å². The largest absolute Gasteiger partial charge is 0.573 e. The molecule has 1 fully saturated rings. The molecule has 0 aliphatic carbocycles. The lowest BCUT2D eigenvalue weighted by atomic mass is 9.87. The number of hydrogen-bond donors (Lipinski definition) is 2. The molecule has 2 N–H and O–H groups in total. The Kier molecular flexibility index (Phi) is 6.94. The van der Waals surface area contributed by atoms with Gasteiger partial charge in [0.05, 0.1) is 13.5 Å². The van der Waals surface area contributed by atoms with Crippen LogP contribution in [0, 0.1) is 5.41 Å². The Hall–Kier alpha value is -1.00. The van der Waals surface area contributed by atoms with Crippen molar-refractivity contribution in [3.63, 3.8) is 0 Å². The smallest absolute Gasteiger partial charge is 0.469 e. The van der Waals surface area contributed by atoms with E-state index in [1.165, 1.54) is 7.11 Å². The van der Waals surface area contributed by atoms with E-state index in [1.54, 1.807) is 13.8 Å². The third-order valence-corrected chi connectivity index (χ3v) is 4.42. The normalized spacial score (nSPS) is 26.7. The van der Waals surface area contributed by atoms with Crippen molar-refractivity contribution < 1.29 is 46.0 Å². The monoisotopic (exact) mass is 378 g/mol. The molecule has 1 amide bonds. The van der Waals surface area contributed by atoms with Gasteiger partial charge >= 0.3 is 20.3 Å². The summed E-state index contributed by atoms with van der Waals surface area (Å²) in [4.78, 5) is 33.1. The average Bonchev–Trinajstić information content (AvgIpc) is 2.47. The molecule has 1 saturated heterocycles. The Morgan fingerprint density at radius 3 is 2.58 bits per heavy atom. The summed E-state index contributed by atoms with van der Waals surface area (Å²) < 4.78 is 55.3. The molecule has 1 aliphatic rings. The molecule has 1 unspecified atom stereocenters. The maximum absolute atomic E-state index is 12.2. The van der Waals surface area contributed by atoms with Gasteiger partial charge in [0, 0.05) is 12.0 Å². The first-order valence-corrected chi connectivity index (χ1v) is 8.39. The van der Waals surface area contributed by atoms with Gasteiger partial charge in [-0.1, -0.05) is 13.8 Å². The van der Waals surface area contributed by atoms with Gasteiger partial charge in [0.1, 0.15) is 6.61 Å². The molecule has 0 saturated carbocycles. The van der Waals surface area contributed by atoms with Crippen LogP contribution in [0.2, 0.25) is 0 Å². The summed E-state index contributed by atoms with van der Waals surface area (Å²) in [5.41, 5.74) is -0.927. The van der Waals surface area contributed by atoms with E-state index in [9.17, 15) is 27.7 Å². The van der Waals surface area contributed by atoms with Crippen molar-refractivity contribution in [3.8, 4) is 0 Å². The first-order valence-electron chi connectivity index (χ1n) is 6.89. The van der Waals surface area contributed by atoms with Crippen molar-refractivity contribution in [1.29, 1.82) is 0 Å². The molecule has 0 aromatic carbocycles. The minimum Gasteiger partial charge on any atom is -0.469 e. The van der Waals surface area contributed by atoms with Gasteiger partial charge in [0.25, 0.3) is 5.91 Å². The lowest BCUT2D eigenvalue weighted by molar-refractivity contribution is -0.170. The molecule has 1 rings (SSSR count). The standard InChI is InChI=1S/C12H19F3NO7P/c1-11(2)6-21-24(19,22-7-12(13,14)15)23-9(11)10(18)16-5-4-8(17)20-3/h9,19H,4-7H2,1-3H3/p+1/t9-,24?/m0/s1. The van der Waals surface area contributed by atoms with Crippen molar-refractivity contribution in [3.05, 3.63) is 0 Å². The molecule has 0 radical (unpaired) electrons. The number of amides is 1. The van der Waals surface area contributed by atoms with E-state index in [2.05, 4.69) is 14.6 Å². The summed E-state index contributed by atoms with van der Waals surface area (Å²) in [5.74, 6) is -1.25. The Bertz CT molecular complexity index is 474. The lowest BCUT2D eigenvalue weighted by Gasteiger charge is -2.36. The molecule has 12 heteroatoms. The number of rotatable bonds is 6. The van der Waals surface area contributed by atoms with Crippen LogP contribution >= 0.6 is 8.17 Å². The molecule has 140 valence electrons. The highest BCUT2D eigenvalue weighted by Crippen LogP contribution is 2.64. The van der Waals surface area contributed by atoms with Gasteiger partial charge in [-0.15, -0.1) is 9.05 Å². The number of nitrogens with one attached hydrogen (secondary N) is 1. The second kappa shape index (κ2) is 7.92. The molecular weight excluding hydrogens is 358 g/mol. The van der Waals surface area contributed by atoms with E-state index in [4.69, 9.17) is 9.05 Å². The second-order valence-electron chi connectivity index (χ2n) is 5.72. The van der Waals surface area contributed by atoms with Crippen LogP contribution in [-0.4, -0.2) is 55.9 Å². The molecule has 0 bridgehead atoms. The summed E-state index contributed by atoms with van der Waals surface area (Å²) in [6.07, 6.45) is -6.08. The molecule has 1 heterocycles. The van der Waals surface area contributed by atoms with Gasteiger partial charge in [-0.25, -0.2) is 0 Å². The van der Waals surface area contributed by atoms with Gasteiger partial charge in [0.2, 0.25) is 0 Å². The molecular formula is C12H20F3NO7P+. The summed E-state index contributed by atoms with van der Waals surface area (Å²) >= 11 is 0. The van der Waals surface area contributed by atoms with E-state index < -0.39 is 44.3 Å². The van der Waals surface area contributed by atoms with Crippen LogP contribution in [0.25, 0.3) is 0 Å². The Morgan fingerprint density at radius 2 is 2.04 bits per heavy atom. The van der Waals surface area contributed by atoms with E-state index >= 15 is 0 Å². The fraction of sp³-hybridized carbons (Fsp3) is 0.833. The number of esters is 1. The first kappa shape index (κ1) is 21.0. The van der Waals surface area contributed by atoms with Crippen LogP contribution in [0.1, 0.15) is 20.3 Å². The molecule has 0 aromatic heterocycles. The number of hydrogen-bond acceptors (Lipinski definition) is 7. The number of halogens is 3. The van der Waals surface area contributed by atoms with Crippen molar-refractivity contribution >= 4 is 20.0 Å². The van der Waals surface area contributed by atoms with E-state index in [0.29, 0.717) is 0 Å². The quantitative estimate of drug-likeness (QED) is 0.531. The van der Waals surface area contributed by atoms with Gasteiger partial charge in [-0.2, -0.15) is 22.6 Å². The van der Waals surface area contributed by atoms with Crippen molar-refractivity contribution in [1.82, 2.24) is 5.32 Å². The number of methoxy groups -OCH3 is 1. The molecule has 2 atom stereocenters. The van der Waals surface area contributed by atoms with Crippen LogP contribution in [0.4, 0.5) is 13.2 Å². The van der Waals surface area contributed by atoms with Crippen LogP contribution < -0.4 is 5.32 Å². The third kappa shape index (κ3) is 6.48. The number of carbonyl (C=O) groups excluding carboxylic acids is 2. The highest BCUT2D eigenvalue weighted by Gasteiger charge is 2.60. The van der Waals surface area contributed by atoms with Crippen molar-refractivity contribution in [2.75, 3.05) is 26.9 Å². The van der Waals surface area contributed by atoms with Crippen molar-refractivity contribution in [2.45, 2.75) is 32.5 Å². The zero-order chi connectivity index (χ0) is 18.6. The predicted octanol–water partition coefficient (Wildman–Crippen LogP) is 1.36. The molecule has 0 spiro atoms. The minimum atomic E-state index is -4.69. The molecule has 0 aromatic rings. The lowest BCUT2D eigenvalue weighted by Crippen LogP contribution is -2.50. The Labute approximate surface area is 137 Å². The predicted molar refractivity (Wildman–Crippen MR) is 75.4 cm³/mol. The first-order chi connectivity index (χ1) is 10.9. The topological polar surface area (TPSA) is 103 Å². The summed E-state index contributed by atoms with van der Waals surface area (Å²) in [6, 6.07) is 0. The average molecular weight is 378 g/mol. The van der Waals surface area contributed by atoms with Crippen LogP contribution in [0.3, 0.4) is 0 Å². The van der Waals surface area contributed by atoms with Crippen LogP contribution in [0.15, 0.2) is 0 Å². The second-order valence-corrected chi connectivity index (χ2v) is 7.39. The SMILES string of the molecule is COC(=O)CCNC(=O)[C@@H]1O[P+](O)(OCC(F)(F)F)OCC1(C)C. The fourth-order valence-electron chi connectivity index (χ4n) is 1.74. The zero-order valence-electron chi connectivity index (χ0n) is 13.4. The molecule has 1 aliphatic heterocycles. The maximum Gasteiger partial charge on any atom is 0.573 e. The fourth-order valence-corrected chi connectivity index (χ4v) is 3.39. The van der Waals surface area contributed by atoms with Gasteiger partial charge in [-0.3, -0.25) is 9.59 Å². The molecule has 8 nitrogen and oxygen atoms in total. The van der Waals surface area contributed by atoms with E-state index in [-0.39, 0.29) is 19.6 Å². The summed E-state index contributed by atoms with van der Waals surface area (Å²) in [5, 5.41) is 2.39. The van der Waals surface area contributed by atoms with Gasteiger partial charge in [-0.05, 0) is 0 Å². The van der Waals surface area contributed by atoms with Crippen LogP contribution in [0.5, 0.6) is 0 Å². The van der Waals surface area contributed by atoms with Crippen LogP contribution in [-0.2, 0) is 27.9 Å². The summed E-state index contributed by atoms with van der Waals surface area (Å²) in [7, 11) is -3.09. The van der Waals surface area contributed by atoms with E-state index in [0.717, 1.165) is 0 Å². The third-order valence-electron chi connectivity index (χ3n) is 3.03. The van der Waals surface area contributed by atoms with E-state index in [1.807, 2.05) is 0 Å². The Morgan fingerprint density at radius 1 is 1.42 bits per heavy atom. The minimum absolute atomic E-state index is 0.0530. The van der Waals surface area contributed by atoms with Crippen molar-refractivity contribution in [2.24, 2.45) is 5.41 Å². The Balaban J connectivity index is 2.68. The molecule has 24 heavy (non-hydrogen) atoms. The highest BCUT2D eigenvalue weighted by molar-refractivity contribution is 7.55. The zero-order valence-corrected chi connectivity index (χ0v) is 14.3.